The lowest BCUT2D eigenvalue weighted by Crippen LogP contribution is -2.32. The summed E-state index contributed by atoms with van der Waals surface area (Å²) in [6.45, 7) is 0.815. The molecule has 1 atom stereocenters. The van der Waals surface area contributed by atoms with E-state index in [9.17, 15) is 8.78 Å². The van der Waals surface area contributed by atoms with Crippen LogP contribution < -0.4 is 0 Å². The molecule has 2 aromatic carbocycles. The molecule has 0 fully saturated rings. The number of aromatic amines is 1. The number of H-pyrrole nitrogens is 1. The number of rotatable bonds is 1. The van der Waals surface area contributed by atoms with Crippen LogP contribution in [0, 0.1) is 11.6 Å². The molecule has 0 saturated carbocycles. The zero-order valence-electron chi connectivity index (χ0n) is 12.5. The van der Waals surface area contributed by atoms with Crippen molar-refractivity contribution in [1.82, 2.24) is 9.88 Å². The number of likely N-dealkylation sites (N-methyl/N-ethyl adjacent to an activating group) is 1. The summed E-state index contributed by atoms with van der Waals surface area (Å²) in [7, 11) is 1.97. The van der Waals surface area contributed by atoms with E-state index in [0.29, 0.717) is 10.6 Å². The van der Waals surface area contributed by atoms with Gasteiger partial charge in [0, 0.05) is 34.2 Å². The molecule has 0 bridgehead atoms. The SMILES string of the molecule is CN1CCc2c([nH]c3ccc(Cl)cc23)C1c1cc(F)cc(F)c1. The Kier molecular flexibility index (Phi) is 3.39. The number of fused-ring (bicyclic) bond motifs is 3. The number of aromatic nitrogens is 1. The molecule has 5 heteroatoms. The van der Waals surface area contributed by atoms with Crippen molar-refractivity contribution < 1.29 is 8.78 Å². The van der Waals surface area contributed by atoms with Crippen LogP contribution in [0.2, 0.25) is 5.02 Å². The van der Waals surface area contributed by atoms with Gasteiger partial charge >= 0.3 is 0 Å². The summed E-state index contributed by atoms with van der Waals surface area (Å²) in [5.41, 5.74) is 3.77. The summed E-state index contributed by atoms with van der Waals surface area (Å²) in [5.74, 6) is -1.11. The third kappa shape index (κ3) is 2.42. The summed E-state index contributed by atoms with van der Waals surface area (Å²) in [6.07, 6.45) is 0.875. The molecule has 1 aromatic heterocycles. The van der Waals surface area contributed by atoms with E-state index in [-0.39, 0.29) is 6.04 Å². The van der Waals surface area contributed by atoms with Crippen LogP contribution in [-0.2, 0) is 6.42 Å². The largest absolute Gasteiger partial charge is 0.357 e. The second-order valence-corrected chi connectivity index (χ2v) is 6.48. The number of benzene rings is 2. The Morgan fingerprint density at radius 3 is 2.61 bits per heavy atom. The molecule has 3 aromatic rings. The van der Waals surface area contributed by atoms with E-state index < -0.39 is 11.6 Å². The normalized spacial score (nSPS) is 18.3. The predicted octanol–water partition coefficient (Wildman–Crippen LogP) is 4.68. The zero-order valence-corrected chi connectivity index (χ0v) is 13.3. The Labute approximate surface area is 137 Å². The lowest BCUT2D eigenvalue weighted by atomic mass is 9.93. The van der Waals surface area contributed by atoms with Crippen molar-refractivity contribution in [3.05, 3.63) is 69.9 Å². The fourth-order valence-corrected chi connectivity index (χ4v) is 3.71. The Morgan fingerprint density at radius 1 is 1.13 bits per heavy atom. The molecule has 1 unspecified atom stereocenters. The number of halogens is 3. The fraction of sp³-hybridized carbons (Fsp3) is 0.222. The smallest absolute Gasteiger partial charge is 0.126 e. The third-order valence-corrected chi connectivity index (χ3v) is 4.77. The predicted molar refractivity (Wildman–Crippen MR) is 87.8 cm³/mol. The maximum absolute atomic E-state index is 13.7. The molecule has 0 radical (unpaired) electrons. The van der Waals surface area contributed by atoms with E-state index >= 15 is 0 Å². The van der Waals surface area contributed by atoms with E-state index in [0.717, 1.165) is 35.6 Å². The Bertz CT molecular complexity index is 883. The minimum absolute atomic E-state index is 0.199. The van der Waals surface area contributed by atoms with Gasteiger partial charge in [-0.25, -0.2) is 8.78 Å². The minimum Gasteiger partial charge on any atom is -0.357 e. The van der Waals surface area contributed by atoms with Crippen LogP contribution in [0.5, 0.6) is 0 Å². The highest BCUT2D eigenvalue weighted by atomic mass is 35.5. The average molecular weight is 333 g/mol. The molecule has 2 nitrogen and oxygen atoms in total. The summed E-state index contributed by atoms with van der Waals surface area (Å²) >= 11 is 6.12. The Hall–Kier alpha value is -1.91. The maximum Gasteiger partial charge on any atom is 0.126 e. The Balaban J connectivity index is 1.93. The second kappa shape index (κ2) is 5.32. The van der Waals surface area contributed by atoms with E-state index in [1.165, 1.54) is 17.7 Å². The maximum atomic E-state index is 13.7. The molecule has 0 saturated heterocycles. The second-order valence-electron chi connectivity index (χ2n) is 6.04. The molecule has 0 aliphatic carbocycles. The number of nitrogens with zero attached hydrogens (tertiary/aromatic N) is 1. The number of hydrogen-bond acceptors (Lipinski definition) is 1. The first kappa shape index (κ1) is 14.7. The highest BCUT2D eigenvalue weighted by molar-refractivity contribution is 6.31. The molecule has 2 heterocycles. The minimum atomic E-state index is -0.556. The highest BCUT2D eigenvalue weighted by Crippen LogP contribution is 2.38. The molecular weight excluding hydrogens is 318 g/mol. The van der Waals surface area contributed by atoms with Gasteiger partial charge in [0.15, 0.2) is 0 Å². The van der Waals surface area contributed by atoms with E-state index in [1.807, 2.05) is 25.2 Å². The van der Waals surface area contributed by atoms with E-state index in [1.54, 1.807) is 0 Å². The lowest BCUT2D eigenvalue weighted by molar-refractivity contribution is 0.260. The van der Waals surface area contributed by atoms with Crippen LogP contribution in [-0.4, -0.2) is 23.5 Å². The van der Waals surface area contributed by atoms with Gasteiger partial charge in [-0.1, -0.05) is 11.6 Å². The van der Waals surface area contributed by atoms with E-state index in [2.05, 4.69) is 9.88 Å². The molecule has 1 aliphatic rings. The van der Waals surface area contributed by atoms with Crippen LogP contribution in [0.15, 0.2) is 36.4 Å². The van der Waals surface area contributed by atoms with Gasteiger partial charge in [-0.2, -0.15) is 0 Å². The first-order chi connectivity index (χ1) is 11.0. The summed E-state index contributed by atoms with van der Waals surface area (Å²) in [5, 5.41) is 1.77. The fourth-order valence-electron chi connectivity index (χ4n) is 3.54. The van der Waals surface area contributed by atoms with Gasteiger partial charge in [0.1, 0.15) is 11.6 Å². The topological polar surface area (TPSA) is 19.0 Å². The third-order valence-electron chi connectivity index (χ3n) is 4.53. The van der Waals surface area contributed by atoms with Crippen LogP contribution in [0.3, 0.4) is 0 Å². The molecule has 23 heavy (non-hydrogen) atoms. The molecule has 4 rings (SSSR count). The molecule has 1 N–H and O–H groups in total. The van der Waals surface area contributed by atoms with Crippen molar-refractivity contribution in [2.75, 3.05) is 13.6 Å². The van der Waals surface area contributed by atoms with E-state index in [4.69, 9.17) is 11.6 Å². The van der Waals surface area contributed by atoms with Crippen molar-refractivity contribution in [2.45, 2.75) is 12.5 Å². The molecule has 118 valence electrons. The molecule has 1 aliphatic heterocycles. The standard InChI is InChI=1S/C18H15ClF2N2/c1-23-5-4-14-15-8-11(19)2-3-16(15)22-17(14)18(23)10-6-12(20)9-13(21)7-10/h2-3,6-9,18,22H,4-5H2,1H3. The van der Waals surface area contributed by atoms with Gasteiger partial charge in [0.2, 0.25) is 0 Å². The van der Waals surface area contributed by atoms with Gasteiger partial charge in [0.25, 0.3) is 0 Å². The van der Waals surface area contributed by atoms with Gasteiger partial charge in [0.05, 0.1) is 6.04 Å². The summed E-state index contributed by atoms with van der Waals surface area (Å²) < 4.78 is 27.3. The van der Waals surface area contributed by atoms with Gasteiger partial charge in [-0.3, -0.25) is 4.90 Å². The van der Waals surface area contributed by atoms with Crippen molar-refractivity contribution in [2.24, 2.45) is 0 Å². The lowest BCUT2D eigenvalue weighted by Gasteiger charge is -2.33. The van der Waals surface area contributed by atoms with Crippen molar-refractivity contribution in [3.63, 3.8) is 0 Å². The average Bonchev–Trinajstić information content (AvgIpc) is 2.83. The van der Waals surface area contributed by atoms with Gasteiger partial charge < -0.3 is 4.98 Å². The quantitative estimate of drug-likeness (QED) is 0.685. The van der Waals surface area contributed by atoms with Crippen molar-refractivity contribution in [1.29, 1.82) is 0 Å². The number of hydrogen-bond donors (Lipinski definition) is 1. The molecular formula is C18H15ClF2N2. The van der Waals surface area contributed by atoms with Crippen LogP contribution in [0.25, 0.3) is 10.9 Å². The van der Waals surface area contributed by atoms with Crippen LogP contribution in [0.1, 0.15) is 22.9 Å². The summed E-state index contributed by atoms with van der Waals surface area (Å²) in [6, 6.07) is 9.23. The first-order valence-electron chi connectivity index (χ1n) is 7.49. The zero-order chi connectivity index (χ0) is 16.1. The van der Waals surface area contributed by atoms with Gasteiger partial charge in [-0.05, 0) is 54.9 Å². The molecule has 0 spiro atoms. The van der Waals surface area contributed by atoms with Gasteiger partial charge in [-0.15, -0.1) is 0 Å². The van der Waals surface area contributed by atoms with Crippen molar-refractivity contribution in [3.8, 4) is 0 Å². The highest BCUT2D eigenvalue weighted by Gasteiger charge is 2.30. The van der Waals surface area contributed by atoms with Crippen molar-refractivity contribution >= 4 is 22.5 Å². The molecule has 0 amide bonds. The first-order valence-corrected chi connectivity index (χ1v) is 7.87. The number of nitrogens with one attached hydrogen (secondary N) is 1. The Morgan fingerprint density at radius 2 is 1.87 bits per heavy atom. The van der Waals surface area contributed by atoms with Crippen LogP contribution in [0.4, 0.5) is 8.78 Å². The van der Waals surface area contributed by atoms with Crippen LogP contribution >= 0.6 is 11.6 Å². The summed E-state index contributed by atoms with van der Waals surface area (Å²) in [4.78, 5) is 5.52. The monoisotopic (exact) mass is 332 g/mol.